The number of aromatic nitrogens is 1. The van der Waals surface area contributed by atoms with Gasteiger partial charge < -0.3 is 9.67 Å². The van der Waals surface area contributed by atoms with E-state index in [4.69, 9.17) is 5.26 Å². The lowest BCUT2D eigenvalue weighted by Gasteiger charge is -2.07. The third kappa shape index (κ3) is 2.13. The first-order chi connectivity index (χ1) is 10.2. The highest BCUT2D eigenvalue weighted by Gasteiger charge is 2.16. The van der Waals surface area contributed by atoms with E-state index in [9.17, 15) is 10.0 Å². The lowest BCUT2D eigenvalue weighted by Crippen LogP contribution is -1.98. The molecule has 0 saturated carbocycles. The first-order valence-electron chi connectivity index (χ1n) is 6.37. The molecule has 3 rings (SSSR count). The summed E-state index contributed by atoms with van der Waals surface area (Å²) < 4.78 is 1.63. The summed E-state index contributed by atoms with van der Waals surface area (Å²) in [6, 6.07) is 16.3. The van der Waals surface area contributed by atoms with Gasteiger partial charge in [0.15, 0.2) is 5.69 Å². The van der Waals surface area contributed by atoms with Gasteiger partial charge in [0.25, 0.3) is 0 Å². The van der Waals surface area contributed by atoms with E-state index in [1.165, 1.54) is 0 Å². The van der Waals surface area contributed by atoms with Crippen LogP contribution in [0.15, 0.2) is 53.7 Å². The third-order valence-corrected chi connectivity index (χ3v) is 3.43. The topological polar surface area (TPSA) is 78.4 Å². The number of fused-ring (bicyclic) bond motifs is 1. The molecule has 5 nitrogen and oxygen atoms in total. The first-order valence-corrected chi connectivity index (χ1v) is 6.37. The average molecular weight is 277 g/mol. The monoisotopic (exact) mass is 277 g/mol. The van der Waals surface area contributed by atoms with Gasteiger partial charge in [-0.05, 0) is 28.9 Å². The molecule has 1 N–H and O–H groups in total. The van der Waals surface area contributed by atoms with E-state index in [0.29, 0.717) is 17.5 Å². The fourth-order valence-electron chi connectivity index (χ4n) is 2.39. The number of aromatic hydroxyl groups is 1. The molecule has 3 aromatic rings. The molecule has 0 aliphatic carbocycles. The molecular formula is C16H11N3O2. The van der Waals surface area contributed by atoms with E-state index in [0.717, 1.165) is 11.1 Å². The first kappa shape index (κ1) is 12.9. The Labute approximate surface area is 120 Å². The molecule has 0 radical (unpaired) electrons. The number of hydrogen-bond acceptors (Lipinski definition) is 4. The van der Waals surface area contributed by atoms with Gasteiger partial charge in [-0.1, -0.05) is 30.3 Å². The van der Waals surface area contributed by atoms with Gasteiger partial charge in [0.05, 0.1) is 23.7 Å². The van der Waals surface area contributed by atoms with Crippen LogP contribution in [-0.4, -0.2) is 9.67 Å². The summed E-state index contributed by atoms with van der Waals surface area (Å²) in [5.74, 6) is -0.143. The van der Waals surface area contributed by atoms with Crippen LogP contribution in [-0.2, 0) is 6.54 Å². The fourth-order valence-corrected chi connectivity index (χ4v) is 2.39. The molecule has 0 aliphatic heterocycles. The van der Waals surface area contributed by atoms with Gasteiger partial charge in [-0.15, -0.1) is 4.91 Å². The van der Waals surface area contributed by atoms with Crippen LogP contribution in [0.4, 0.5) is 5.69 Å². The standard InChI is InChI=1S/C16H11N3O2/c17-9-11-5-7-12(8-6-11)10-19-14-4-2-1-3-13(14)15(18-21)16(19)20/h1-8,20H,10H2. The van der Waals surface area contributed by atoms with Crippen molar-refractivity contribution >= 4 is 16.6 Å². The van der Waals surface area contributed by atoms with Crippen molar-refractivity contribution in [3.63, 3.8) is 0 Å². The summed E-state index contributed by atoms with van der Waals surface area (Å²) in [4.78, 5) is 10.9. The Balaban J connectivity index is 2.10. The maximum Gasteiger partial charge on any atom is 0.222 e. The summed E-state index contributed by atoms with van der Waals surface area (Å²) in [5.41, 5.74) is 2.30. The lowest BCUT2D eigenvalue weighted by atomic mass is 10.1. The predicted octanol–water partition coefficient (Wildman–Crippen LogP) is 3.66. The van der Waals surface area contributed by atoms with Crippen LogP contribution in [0.3, 0.4) is 0 Å². The second kappa shape index (κ2) is 5.10. The van der Waals surface area contributed by atoms with Crippen molar-refractivity contribution in [3.05, 3.63) is 64.6 Å². The van der Waals surface area contributed by atoms with Gasteiger partial charge in [0.1, 0.15) is 0 Å². The molecule has 0 spiro atoms. The highest BCUT2D eigenvalue weighted by molar-refractivity contribution is 5.95. The van der Waals surface area contributed by atoms with Crippen molar-refractivity contribution in [2.75, 3.05) is 0 Å². The van der Waals surface area contributed by atoms with Gasteiger partial charge in [-0.3, -0.25) is 0 Å². The molecule has 1 heterocycles. The SMILES string of the molecule is N#Cc1ccc(Cn2c(O)c(N=O)c3ccccc32)cc1. The van der Waals surface area contributed by atoms with Gasteiger partial charge in [0.2, 0.25) is 5.88 Å². The van der Waals surface area contributed by atoms with Crippen LogP contribution in [0.1, 0.15) is 11.1 Å². The Morgan fingerprint density at radius 2 is 1.86 bits per heavy atom. The summed E-state index contributed by atoms with van der Waals surface area (Å²) in [6.07, 6.45) is 0. The molecule has 0 fully saturated rings. The van der Waals surface area contributed by atoms with Gasteiger partial charge in [0, 0.05) is 5.39 Å². The van der Waals surface area contributed by atoms with Gasteiger partial charge >= 0.3 is 0 Å². The maximum absolute atomic E-state index is 10.9. The van der Waals surface area contributed by atoms with Crippen LogP contribution >= 0.6 is 0 Å². The zero-order valence-electron chi connectivity index (χ0n) is 11.0. The Morgan fingerprint density at radius 3 is 2.52 bits per heavy atom. The number of hydrogen-bond donors (Lipinski definition) is 1. The van der Waals surface area contributed by atoms with Crippen molar-refractivity contribution in [1.82, 2.24) is 4.57 Å². The van der Waals surface area contributed by atoms with Crippen molar-refractivity contribution in [3.8, 4) is 11.9 Å². The minimum atomic E-state index is -0.143. The van der Waals surface area contributed by atoms with Crippen LogP contribution in [0, 0.1) is 16.2 Å². The smallest absolute Gasteiger partial charge is 0.222 e. The second-order valence-electron chi connectivity index (χ2n) is 4.68. The van der Waals surface area contributed by atoms with E-state index in [1.54, 1.807) is 28.8 Å². The van der Waals surface area contributed by atoms with Gasteiger partial charge in [-0.2, -0.15) is 5.26 Å². The molecule has 1 aromatic heterocycles. The number of nitrogens with zero attached hydrogens (tertiary/aromatic N) is 3. The number of benzene rings is 2. The van der Waals surface area contributed by atoms with Crippen LogP contribution in [0.2, 0.25) is 0 Å². The quantitative estimate of drug-likeness (QED) is 0.742. The third-order valence-electron chi connectivity index (χ3n) is 3.43. The molecule has 5 heteroatoms. The van der Waals surface area contributed by atoms with Crippen LogP contribution in [0.5, 0.6) is 5.88 Å². The average Bonchev–Trinajstić information content (AvgIpc) is 2.80. The van der Waals surface area contributed by atoms with E-state index >= 15 is 0 Å². The number of para-hydroxylation sites is 1. The highest BCUT2D eigenvalue weighted by atomic mass is 16.3. The zero-order valence-corrected chi connectivity index (χ0v) is 11.0. The number of rotatable bonds is 3. The molecule has 0 aliphatic rings. The van der Waals surface area contributed by atoms with Crippen LogP contribution in [0.25, 0.3) is 10.9 Å². The van der Waals surface area contributed by atoms with E-state index in [2.05, 4.69) is 11.2 Å². The minimum absolute atomic E-state index is 0.0549. The normalized spacial score (nSPS) is 10.4. The summed E-state index contributed by atoms with van der Waals surface area (Å²) in [6.45, 7) is 0.396. The largest absolute Gasteiger partial charge is 0.493 e. The summed E-state index contributed by atoms with van der Waals surface area (Å²) in [5, 5.41) is 22.5. The van der Waals surface area contributed by atoms with Crippen molar-refractivity contribution in [1.29, 1.82) is 5.26 Å². The summed E-state index contributed by atoms with van der Waals surface area (Å²) in [7, 11) is 0. The molecule has 0 saturated heterocycles. The zero-order chi connectivity index (χ0) is 14.8. The minimum Gasteiger partial charge on any atom is -0.493 e. The molecule has 2 aromatic carbocycles. The molecule has 0 atom stereocenters. The van der Waals surface area contributed by atoms with E-state index in [1.807, 2.05) is 24.3 Å². The maximum atomic E-state index is 10.9. The van der Waals surface area contributed by atoms with E-state index < -0.39 is 0 Å². The van der Waals surface area contributed by atoms with E-state index in [-0.39, 0.29) is 11.6 Å². The van der Waals surface area contributed by atoms with Crippen molar-refractivity contribution in [2.45, 2.75) is 6.54 Å². The predicted molar refractivity (Wildman–Crippen MR) is 79.3 cm³/mol. The lowest BCUT2D eigenvalue weighted by molar-refractivity contribution is 0.430. The molecule has 0 bridgehead atoms. The van der Waals surface area contributed by atoms with Crippen LogP contribution < -0.4 is 0 Å². The Bertz CT molecular complexity index is 858. The number of nitriles is 1. The Kier molecular flexibility index (Phi) is 3.13. The Morgan fingerprint density at radius 1 is 1.14 bits per heavy atom. The fraction of sp³-hybridized carbons (Fsp3) is 0.0625. The molecule has 0 unspecified atom stereocenters. The molecule has 21 heavy (non-hydrogen) atoms. The second-order valence-corrected chi connectivity index (χ2v) is 4.68. The molecule has 102 valence electrons. The van der Waals surface area contributed by atoms with Crippen molar-refractivity contribution in [2.24, 2.45) is 5.18 Å². The highest BCUT2D eigenvalue weighted by Crippen LogP contribution is 2.38. The Hall–Kier alpha value is -3.13. The molecule has 0 amide bonds. The number of nitroso groups, excluding NO2 is 1. The summed E-state index contributed by atoms with van der Waals surface area (Å²) >= 11 is 0. The molecular weight excluding hydrogens is 266 g/mol. The van der Waals surface area contributed by atoms with Gasteiger partial charge in [-0.25, -0.2) is 0 Å². The van der Waals surface area contributed by atoms with Crippen molar-refractivity contribution < 1.29 is 5.11 Å².